The molecule has 2 aromatic rings. The lowest BCUT2D eigenvalue weighted by Crippen LogP contribution is -2.27. The van der Waals surface area contributed by atoms with Gasteiger partial charge in [0.05, 0.1) is 10.5 Å². The van der Waals surface area contributed by atoms with Crippen LogP contribution in [0, 0.1) is 0 Å². The molecule has 0 aliphatic heterocycles. The fourth-order valence-corrected chi connectivity index (χ4v) is 3.53. The third-order valence-corrected chi connectivity index (χ3v) is 4.93. The van der Waals surface area contributed by atoms with Crippen LogP contribution in [-0.2, 0) is 22.9 Å². The van der Waals surface area contributed by atoms with Gasteiger partial charge in [0, 0.05) is 24.9 Å². The second-order valence-corrected chi connectivity index (χ2v) is 6.69. The van der Waals surface area contributed by atoms with E-state index in [1.54, 1.807) is 12.3 Å². The fourth-order valence-electron chi connectivity index (χ4n) is 2.17. The van der Waals surface area contributed by atoms with Crippen LogP contribution in [0.2, 0.25) is 0 Å². The Morgan fingerprint density at radius 1 is 1.26 bits per heavy atom. The summed E-state index contributed by atoms with van der Waals surface area (Å²) in [5.74, 6) is -1.16. The Morgan fingerprint density at radius 2 is 2.04 bits per heavy atom. The number of nitrogens with one attached hydrogen (secondary N) is 1. The third kappa shape index (κ3) is 4.37. The van der Waals surface area contributed by atoms with E-state index in [4.69, 9.17) is 5.11 Å². The number of pyridine rings is 1. The maximum absolute atomic E-state index is 12.5. The predicted molar refractivity (Wildman–Crippen MR) is 85.9 cm³/mol. The van der Waals surface area contributed by atoms with Crippen molar-refractivity contribution in [1.29, 1.82) is 0 Å². The van der Waals surface area contributed by atoms with Gasteiger partial charge in [-0.3, -0.25) is 4.98 Å². The summed E-state index contributed by atoms with van der Waals surface area (Å²) >= 11 is 0. The third-order valence-electron chi connectivity index (χ3n) is 3.38. The van der Waals surface area contributed by atoms with Crippen LogP contribution < -0.4 is 4.72 Å². The molecule has 0 fully saturated rings. The highest BCUT2D eigenvalue weighted by Gasteiger charge is 2.19. The van der Waals surface area contributed by atoms with Crippen LogP contribution in [-0.4, -0.2) is 31.0 Å². The number of aryl methyl sites for hydroxylation is 1. The molecule has 7 heteroatoms. The van der Waals surface area contributed by atoms with Gasteiger partial charge in [-0.2, -0.15) is 0 Å². The zero-order chi connectivity index (χ0) is 16.9. The van der Waals surface area contributed by atoms with Crippen molar-refractivity contribution in [2.75, 3.05) is 6.54 Å². The molecule has 0 atom stereocenters. The first-order valence-corrected chi connectivity index (χ1v) is 8.68. The van der Waals surface area contributed by atoms with Crippen LogP contribution in [0.15, 0.2) is 47.5 Å². The first kappa shape index (κ1) is 17.1. The minimum atomic E-state index is -3.77. The summed E-state index contributed by atoms with van der Waals surface area (Å²) in [5, 5.41) is 9.04. The van der Waals surface area contributed by atoms with Crippen molar-refractivity contribution < 1.29 is 18.3 Å². The van der Waals surface area contributed by atoms with Gasteiger partial charge >= 0.3 is 5.97 Å². The van der Waals surface area contributed by atoms with Crippen molar-refractivity contribution in [1.82, 2.24) is 9.71 Å². The van der Waals surface area contributed by atoms with Crippen LogP contribution in [0.5, 0.6) is 0 Å². The number of aromatic carboxylic acids is 1. The lowest BCUT2D eigenvalue weighted by molar-refractivity contribution is 0.0696. The Morgan fingerprint density at radius 3 is 2.65 bits per heavy atom. The molecule has 23 heavy (non-hydrogen) atoms. The first-order valence-electron chi connectivity index (χ1n) is 7.20. The molecule has 0 aliphatic carbocycles. The van der Waals surface area contributed by atoms with E-state index >= 15 is 0 Å². The van der Waals surface area contributed by atoms with E-state index in [1.807, 2.05) is 19.1 Å². The number of carbonyl (C=O) groups is 1. The maximum atomic E-state index is 12.5. The molecule has 122 valence electrons. The molecule has 1 heterocycles. The van der Waals surface area contributed by atoms with Crippen molar-refractivity contribution in [3.63, 3.8) is 0 Å². The molecule has 0 radical (unpaired) electrons. The van der Waals surface area contributed by atoms with Crippen molar-refractivity contribution in [2.45, 2.75) is 24.7 Å². The lowest BCUT2D eigenvalue weighted by atomic mass is 10.1. The monoisotopic (exact) mass is 334 g/mol. The van der Waals surface area contributed by atoms with Crippen molar-refractivity contribution >= 4 is 16.0 Å². The Labute approximate surface area is 135 Å². The summed E-state index contributed by atoms with van der Waals surface area (Å²) in [4.78, 5) is 15.2. The van der Waals surface area contributed by atoms with Crippen LogP contribution in [0.3, 0.4) is 0 Å². The Hall–Kier alpha value is -2.25. The number of carboxylic acid groups (broad SMARTS) is 1. The highest BCUT2D eigenvalue weighted by Crippen LogP contribution is 2.18. The molecule has 1 aromatic heterocycles. The summed E-state index contributed by atoms with van der Waals surface area (Å²) in [6.07, 6.45) is 2.60. The quantitative estimate of drug-likeness (QED) is 0.806. The van der Waals surface area contributed by atoms with Gasteiger partial charge in [0.1, 0.15) is 0 Å². The minimum absolute atomic E-state index is 0.0147. The SMILES string of the molecule is CCc1ccc(C(=O)O)cc1S(=O)(=O)NCCc1ccccn1. The summed E-state index contributed by atoms with van der Waals surface area (Å²) in [7, 11) is -3.77. The van der Waals surface area contributed by atoms with E-state index in [1.165, 1.54) is 18.2 Å². The Balaban J connectivity index is 2.18. The smallest absolute Gasteiger partial charge is 0.335 e. The van der Waals surface area contributed by atoms with Crippen LogP contribution in [0.25, 0.3) is 0 Å². The van der Waals surface area contributed by atoms with Crippen molar-refractivity contribution in [3.8, 4) is 0 Å². The predicted octanol–water partition coefficient (Wildman–Crippen LogP) is 1.86. The van der Waals surface area contributed by atoms with Crippen LogP contribution in [0.1, 0.15) is 28.5 Å². The van der Waals surface area contributed by atoms with E-state index in [2.05, 4.69) is 9.71 Å². The van der Waals surface area contributed by atoms with Crippen LogP contribution in [0.4, 0.5) is 0 Å². The number of hydrogen-bond acceptors (Lipinski definition) is 4. The zero-order valence-electron chi connectivity index (χ0n) is 12.7. The number of carboxylic acids is 1. The van der Waals surface area contributed by atoms with E-state index in [0.29, 0.717) is 18.4 Å². The normalized spacial score (nSPS) is 11.3. The number of rotatable bonds is 7. The van der Waals surface area contributed by atoms with E-state index in [9.17, 15) is 13.2 Å². The minimum Gasteiger partial charge on any atom is -0.478 e. The highest BCUT2D eigenvalue weighted by atomic mass is 32.2. The average Bonchev–Trinajstić information content (AvgIpc) is 2.55. The number of hydrogen-bond donors (Lipinski definition) is 2. The van der Waals surface area contributed by atoms with Gasteiger partial charge in [0.25, 0.3) is 0 Å². The van der Waals surface area contributed by atoms with E-state index in [0.717, 1.165) is 5.69 Å². The van der Waals surface area contributed by atoms with Gasteiger partial charge in [0.2, 0.25) is 10.0 Å². The zero-order valence-corrected chi connectivity index (χ0v) is 13.5. The number of nitrogens with zero attached hydrogens (tertiary/aromatic N) is 1. The molecular weight excluding hydrogens is 316 g/mol. The molecule has 0 aliphatic rings. The second kappa shape index (κ2) is 7.34. The number of sulfonamides is 1. The fraction of sp³-hybridized carbons (Fsp3) is 0.250. The van der Waals surface area contributed by atoms with E-state index in [-0.39, 0.29) is 17.0 Å². The second-order valence-electron chi connectivity index (χ2n) is 4.95. The largest absolute Gasteiger partial charge is 0.478 e. The van der Waals surface area contributed by atoms with Gasteiger partial charge in [-0.05, 0) is 36.2 Å². The van der Waals surface area contributed by atoms with Gasteiger partial charge in [0.15, 0.2) is 0 Å². The van der Waals surface area contributed by atoms with Gasteiger partial charge < -0.3 is 5.11 Å². The van der Waals surface area contributed by atoms with Crippen molar-refractivity contribution in [2.24, 2.45) is 0 Å². The van der Waals surface area contributed by atoms with Gasteiger partial charge in [-0.25, -0.2) is 17.9 Å². The van der Waals surface area contributed by atoms with Crippen molar-refractivity contribution in [3.05, 3.63) is 59.4 Å². The first-order chi connectivity index (χ1) is 10.9. The molecular formula is C16H18N2O4S. The molecule has 1 aromatic carbocycles. The van der Waals surface area contributed by atoms with Crippen LogP contribution >= 0.6 is 0 Å². The number of aromatic nitrogens is 1. The summed E-state index contributed by atoms with van der Waals surface area (Å²) in [5.41, 5.74) is 1.32. The molecule has 0 unspecified atom stereocenters. The lowest BCUT2D eigenvalue weighted by Gasteiger charge is -2.11. The average molecular weight is 334 g/mol. The molecule has 0 bridgehead atoms. The molecule has 0 saturated heterocycles. The molecule has 0 spiro atoms. The molecule has 0 saturated carbocycles. The van der Waals surface area contributed by atoms with Gasteiger partial charge in [-0.15, -0.1) is 0 Å². The summed E-state index contributed by atoms with van der Waals surface area (Å²) in [6.45, 7) is 2.02. The molecule has 0 amide bonds. The summed E-state index contributed by atoms with van der Waals surface area (Å²) < 4.78 is 27.4. The van der Waals surface area contributed by atoms with E-state index < -0.39 is 16.0 Å². The molecule has 2 rings (SSSR count). The van der Waals surface area contributed by atoms with Gasteiger partial charge in [-0.1, -0.05) is 19.1 Å². The Kier molecular flexibility index (Phi) is 5.46. The molecule has 2 N–H and O–H groups in total. The highest BCUT2D eigenvalue weighted by molar-refractivity contribution is 7.89. The Bertz CT molecular complexity index is 789. The number of benzene rings is 1. The standard InChI is InChI=1S/C16H18N2O4S/c1-2-12-6-7-13(16(19)20)11-15(12)23(21,22)18-10-8-14-5-3-4-9-17-14/h3-7,9,11,18H,2,8,10H2,1H3,(H,19,20). The summed E-state index contributed by atoms with van der Waals surface area (Å²) in [6, 6.07) is 9.59. The maximum Gasteiger partial charge on any atom is 0.335 e. The molecule has 6 nitrogen and oxygen atoms in total. The topological polar surface area (TPSA) is 96.4 Å².